The number of aliphatic hydroxyl groups excluding tert-OH is 1. The number of carbonyl (C=O) groups is 14. The Morgan fingerprint density at radius 3 is 1.38 bits per heavy atom. The zero-order valence-electron chi connectivity index (χ0n) is 60.1. The van der Waals surface area contributed by atoms with Gasteiger partial charge in [0.25, 0.3) is 0 Å². The molecule has 40 nitrogen and oxygen atoms in total. The van der Waals surface area contributed by atoms with Crippen molar-refractivity contribution < 1.29 is 77.3 Å². The maximum Gasteiger partial charge on any atom is 0.325 e. The zero-order valence-corrected chi connectivity index (χ0v) is 60.1. The second-order valence-corrected chi connectivity index (χ2v) is 25.5. The number of nitrogens with one attached hydrogen (secondary N) is 18. The third-order valence-corrected chi connectivity index (χ3v) is 16.8. The highest BCUT2D eigenvalue weighted by molar-refractivity contribution is 5.99. The molecule has 109 heavy (non-hydrogen) atoms. The summed E-state index contributed by atoms with van der Waals surface area (Å²) in [5.74, 6) is -13.5. The Labute approximate surface area is 625 Å². The first-order valence-corrected chi connectivity index (χ1v) is 34.9. The number of benzene rings is 3. The van der Waals surface area contributed by atoms with E-state index in [1.54, 1.807) is 91.1 Å². The molecule has 11 atom stereocenters. The molecule has 0 fully saturated rings. The number of urea groups is 1. The fraction of sp³-hybridized carbons (Fsp3) is 0.435. The van der Waals surface area contributed by atoms with Gasteiger partial charge in [-0.15, -0.1) is 0 Å². The minimum atomic E-state index is -1.81. The van der Waals surface area contributed by atoms with Gasteiger partial charge in [-0.25, -0.2) is 9.78 Å². The zero-order chi connectivity index (χ0) is 80.1. The van der Waals surface area contributed by atoms with E-state index >= 15 is 0 Å². The number of aliphatic carboxylic acids is 1. The van der Waals surface area contributed by atoms with Crippen LogP contribution in [0.2, 0.25) is 0 Å². The summed E-state index contributed by atoms with van der Waals surface area (Å²) < 4.78 is 0. The van der Waals surface area contributed by atoms with Crippen LogP contribution in [0.5, 0.6) is 0 Å². The number of guanidine groups is 2. The molecule has 590 valence electrons. The SMILES string of the molecule is C[C@H](NC(=O)[C@H](C)NC(=O)[C@H](CCCNC(=N)N)NC(=O)[C@H](CO)NC(=O)[C@H](Cc1c[nH]c2ccccc12)NC(=O)CNC(=O)[C@H](CCCNC(N)=O)NC(=O)[C@H](Cc1ccccc1)NC(=O)[C@H](CCCNC(=N)N)NC(=O)[C@H](Cc1ccccc1)NC(=O)[C@H](CCC(N)=O)NC(=O)[C@@H](N)Cc1cnc[nH]1)C(=O)O. The van der Waals surface area contributed by atoms with Gasteiger partial charge < -0.3 is 123 Å². The van der Waals surface area contributed by atoms with Gasteiger partial charge in [-0.2, -0.15) is 0 Å². The number of para-hydroxylation sites is 1. The minimum absolute atomic E-state index is 0.0108. The van der Waals surface area contributed by atoms with Gasteiger partial charge in [-0.1, -0.05) is 78.9 Å². The molecular weight excluding hydrogens is 1420 g/mol. The number of hydrogen-bond acceptors (Lipinski definition) is 19. The van der Waals surface area contributed by atoms with Gasteiger partial charge in [0, 0.05) is 80.7 Å². The Morgan fingerprint density at radius 2 is 0.890 bits per heavy atom. The number of carboxylic acids is 1. The summed E-state index contributed by atoms with van der Waals surface area (Å²) in [6, 6.07) is 6.34. The number of nitrogens with two attached hydrogens (primary N) is 5. The van der Waals surface area contributed by atoms with Gasteiger partial charge in [0.05, 0.1) is 25.5 Å². The molecule has 5 rings (SSSR count). The number of aromatic nitrogens is 3. The molecule has 0 aliphatic heterocycles. The summed E-state index contributed by atoms with van der Waals surface area (Å²) in [5, 5.41) is 70.8. The molecule has 0 radical (unpaired) electrons. The molecule has 0 saturated heterocycles. The van der Waals surface area contributed by atoms with E-state index in [2.05, 4.69) is 89.4 Å². The first-order chi connectivity index (χ1) is 51.9. The molecule has 3 aromatic carbocycles. The number of rotatable bonds is 47. The quantitative estimate of drug-likeness (QED) is 0.00979. The van der Waals surface area contributed by atoms with E-state index in [9.17, 15) is 77.3 Å². The lowest BCUT2D eigenvalue weighted by Gasteiger charge is -2.28. The van der Waals surface area contributed by atoms with Crippen molar-refractivity contribution in [1.29, 1.82) is 10.8 Å². The number of carboxylic acid groups (broad SMARTS) is 1. The van der Waals surface area contributed by atoms with Crippen LogP contribution in [0.3, 0.4) is 0 Å². The highest BCUT2D eigenvalue weighted by atomic mass is 16.4. The Morgan fingerprint density at radius 1 is 0.459 bits per heavy atom. The first-order valence-electron chi connectivity index (χ1n) is 34.9. The Kier molecular flexibility index (Phi) is 35.8. The molecule has 2 aromatic heterocycles. The monoisotopic (exact) mass is 1520 g/mol. The number of imidazole rings is 1. The average molecular weight is 1520 g/mol. The molecular formula is C69H98N24O16. The van der Waals surface area contributed by atoms with Crippen LogP contribution < -0.4 is 103 Å². The number of aromatic amines is 2. The van der Waals surface area contributed by atoms with Gasteiger partial charge in [-0.05, 0) is 81.5 Å². The number of aliphatic hydroxyl groups is 1. The second kappa shape index (κ2) is 44.9. The summed E-state index contributed by atoms with van der Waals surface area (Å²) in [6.07, 6.45) is 2.50. The van der Waals surface area contributed by atoms with Crippen molar-refractivity contribution in [3.63, 3.8) is 0 Å². The van der Waals surface area contributed by atoms with Crippen LogP contribution in [-0.2, 0) is 88.0 Å². The molecule has 40 heteroatoms. The van der Waals surface area contributed by atoms with E-state index in [0.717, 1.165) is 0 Å². The van der Waals surface area contributed by atoms with Gasteiger partial charge >= 0.3 is 12.0 Å². The number of amides is 14. The number of carbonyl (C=O) groups excluding carboxylic acids is 13. The topological polar surface area (TPSA) is 670 Å². The van der Waals surface area contributed by atoms with Crippen molar-refractivity contribution in [2.24, 2.45) is 28.7 Å². The largest absolute Gasteiger partial charge is 0.480 e. The van der Waals surface area contributed by atoms with Crippen LogP contribution in [-0.4, -0.2) is 219 Å². The maximum atomic E-state index is 14.9. The predicted octanol–water partition coefficient (Wildman–Crippen LogP) is -6.19. The molecule has 0 spiro atoms. The lowest BCUT2D eigenvalue weighted by Crippen LogP contribution is -2.60. The number of H-pyrrole nitrogens is 2. The molecule has 0 aliphatic rings. The van der Waals surface area contributed by atoms with E-state index < -0.39 is 174 Å². The van der Waals surface area contributed by atoms with Crippen LogP contribution in [0.25, 0.3) is 10.9 Å². The van der Waals surface area contributed by atoms with Crippen LogP contribution >= 0.6 is 0 Å². The molecule has 5 aromatic rings. The van der Waals surface area contributed by atoms with Crippen molar-refractivity contribution in [1.82, 2.24) is 89.4 Å². The standard InChI is InChI=1S/C69H98N24O16/c1-37(56(97)85-38(2)66(107)108)84-59(100)47(21-11-25-78-67(72)73)90-65(106)53(35-94)93-64(105)52(30-41-32-81-45-19-10-9-18-43(41)45)86-55(96)34-82-58(99)46(20-13-27-80-69(76)109)88-62(103)50(28-39-14-5-3-6-15-39)91-60(101)48(22-12-26-79-68(74)75)89-63(104)51(29-40-16-7-4-8-17-40)92-61(102)49(23-24-54(71)95)87-57(98)44(70)31-42-33-77-36-83-42/h3-10,14-19,32-33,36-38,44,46-53,81,94H,11-13,20-31,34-35,70H2,1-2H3,(H2,71,95)(H,77,83)(H,82,99)(H,84,100)(H,85,97)(H,86,96)(H,87,98)(H,88,103)(H,89,104)(H,90,106)(H,91,101)(H,92,102)(H,93,105)(H,107,108)(H4,72,73,78)(H4,74,75,79)(H3,76,80,109)/t37-,38-,44-,46-,47-,48-,49-,50-,51-,52-,53-/m0/s1. The summed E-state index contributed by atoms with van der Waals surface area (Å²) in [4.78, 5) is 201. The summed E-state index contributed by atoms with van der Waals surface area (Å²) in [5.41, 5.74) is 30.6. The summed E-state index contributed by atoms with van der Waals surface area (Å²) in [7, 11) is 0. The normalized spacial score (nSPS) is 13.9. The number of primary amides is 2. The predicted molar refractivity (Wildman–Crippen MR) is 394 cm³/mol. The third kappa shape index (κ3) is 31.1. The molecule has 14 amide bonds. The van der Waals surface area contributed by atoms with Gasteiger partial charge in [0.15, 0.2) is 11.9 Å². The van der Waals surface area contributed by atoms with Crippen molar-refractivity contribution in [2.75, 3.05) is 32.8 Å². The van der Waals surface area contributed by atoms with Crippen molar-refractivity contribution in [3.8, 4) is 0 Å². The first kappa shape index (κ1) is 86.9. The smallest absolute Gasteiger partial charge is 0.325 e. The maximum absolute atomic E-state index is 14.9. The molecule has 0 bridgehead atoms. The van der Waals surface area contributed by atoms with E-state index in [0.29, 0.717) is 33.3 Å². The molecule has 0 unspecified atom stereocenters. The Bertz CT molecular complexity index is 3940. The van der Waals surface area contributed by atoms with E-state index in [1.165, 1.54) is 26.4 Å². The van der Waals surface area contributed by atoms with Crippen LogP contribution in [0.1, 0.15) is 87.6 Å². The number of nitrogens with zero attached hydrogens (tertiary/aromatic N) is 1. The average Bonchev–Trinajstić information content (AvgIpc) is 1.71. The molecule has 2 heterocycles. The molecule has 0 aliphatic carbocycles. The van der Waals surface area contributed by atoms with E-state index in [1.807, 2.05) is 0 Å². The van der Waals surface area contributed by atoms with E-state index in [4.69, 9.17) is 39.5 Å². The molecule has 30 N–H and O–H groups in total. The lowest BCUT2D eigenvalue weighted by molar-refractivity contribution is -0.141. The number of hydrogen-bond donors (Lipinski definition) is 25. The fourth-order valence-electron chi connectivity index (χ4n) is 10.9. The van der Waals surface area contributed by atoms with Crippen LogP contribution in [0.15, 0.2) is 104 Å². The molecule has 0 saturated carbocycles. The van der Waals surface area contributed by atoms with Crippen LogP contribution in [0.4, 0.5) is 4.79 Å². The fourth-order valence-corrected chi connectivity index (χ4v) is 10.9. The number of fused-ring (bicyclic) bond motifs is 1. The van der Waals surface area contributed by atoms with Gasteiger partial charge in [0.2, 0.25) is 70.9 Å². The second-order valence-electron chi connectivity index (χ2n) is 25.5. The highest BCUT2D eigenvalue weighted by Crippen LogP contribution is 2.20. The van der Waals surface area contributed by atoms with Crippen LogP contribution in [0, 0.1) is 10.8 Å². The summed E-state index contributed by atoms with van der Waals surface area (Å²) in [6.45, 7) is 0.433. The highest BCUT2D eigenvalue weighted by Gasteiger charge is 2.36. The lowest BCUT2D eigenvalue weighted by atomic mass is 10.0. The van der Waals surface area contributed by atoms with E-state index in [-0.39, 0.29) is 96.7 Å². The third-order valence-electron chi connectivity index (χ3n) is 16.8. The van der Waals surface area contributed by atoms with Gasteiger partial charge in [-0.3, -0.25) is 73.1 Å². The van der Waals surface area contributed by atoms with Gasteiger partial charge in [0.1, 0.15) is 60.4 Å². The Hall–Kier alpha value is -12.8. The minimum Gasteiger partial charge on any atom is -0.480 e. The Balaban J connectivity index is 1.40. The van der Waals surface area contributed by atoms with Crippen molar-refractivity contribution in [2.45, 2.75) is 157 Å². The van der Waals surface area contributed by atoms with Crippen molar-refractivity contribution >= 4 is 106 Å². The summed E-state index contributed by atoms with van der Waals surface area (Å²) >= 11 is 0. The van der Waals surface area contributed by atoms with Crippen molar-refractivity contribution in [3.05, 3.63) is 126 Å².